The van der Waals surface area contributed by atoms with E-state index < -0.39 is 0 Å². The van der Waals surface area contributed by atoms with E-state index in [1.54, 1.807) is 24.6 Å². The first kappa shape index (κ1) is 10.5. The number of hydrogen-bond donors (Lipinski definition) is 1. The fourth-order valence-corrected chi connectivity index (χ4v) is 1.39. The molecule has 0 amide bonds. The molecule has 1 N–H and O–H groups in total. The Labute approximate surface area is 94.1 Å². The van der Waals surface area contributed by atoms with E-state index >= 15 is 0 Å². The Balaban J connectivity index is 2.13. The van der Waals surface area contributed by atoms with Gasteiger partial charge in [0.1, 0.15) is 17.6 Å². The predicted octanol–water partition coefficient (Wildman–Crippen LogP) is 3.17. The van der Waals surface area contributed by atoms with Gasteiger partial charge in [-0.25, -0.2) is 0 Å². The summed E-state index contributed by atoms with van der Waals surface area (Å²) in [7, 11) is 0. The Morgan fingerprint density at radius 2 is 2.06 bits per heavy atom. The number of furan rings is 1. The zero-order valence-corrected chi connectivity index (χ0v) is 9.00. The molecule has 0 unspecified atom stereocenters. The number of rotatable bonds is 3. The third kappa shape index (κ3) is 2.31. The topological polar surface area (TPSA) is 45.7 Å². The van der Waals surface area contributed by atoms with E-state index in [-0.39, 0.29) is 11.8 Å². The molecule has 0 aliphatic heterocycles. The van der Waals surface area contributed by atoms with Gasteiger partial charge in [0.15, 0.2) is 0 Å². The van der Waals surface area contributed by atoms with E-state index in [0.29, 0.717) is 5.56 Å². The molecule has 3 heteroatoms. The average Bonchev–Trinajstić information content (AvgIpc) is 2.81. The summed E-state index contributed by atoms with van der Waals surface area (Å²) in [6.07, 6.45) is 3.28. The molecule has 0 saturated carbocycles. The lowest BCUT2D eigenvalue weighted by molar-refractivity contribution is 0.473. The van der Waals surface area contributed by atoms with Crippen LogP contribution in [0.1, 0.15) is 24.3 Å². The van der Waals surface area contributed by atoms with Crippen molar-refractivity contribution in [3.63, 3.8) is 0 Å². The Kier molecular flexibility index (Phi) is 3.05. The first-order chi connectivity index (χ1) is 7.77. The van der Waals surface area contributed by atoms with Gasteiger partial charge in [0.2, 0.25) is 0 Å². The number of benzene rings is 1. The number of nitrogens with zero attached hydrogens (tertiary/aromatic N) is 1. The third-order valence-corrected chi connectivity index (χ3v) is 2.33. The summed E-state index contributed by atoms with van der Waals surface area (Å²) < 4.78 is 5.24. The van der Waals surface area contributed by atoms with E-state index in [0.717, 1.165) is 5.76 Å². The Hall–Kier alpha value is -2.03. The molecule has 16 heavy (non-hydrogen) atoms. The highest BCUT2D eigenvalue weighted by Gasteiger charge is 2.04. The van der Waals surface area contributed by atoms with Gasteiger partial charge in [-0.1, -0.05) is 12.1 Å². The van der Waals surface area contributed by atoms with Crippen LogP contribution in [-0.2, 0) is 0 Å². The summed E-state index contributed by atoms with van der Waals surface area (Å²) in [5.41, 5.74) is 0.709. The van der Waals surface area contributed by atoms with Crippen molar-refractivity contribution < 1.29 is 9.52 Å². The van der Waals surface area contributed by atoms with Crippen LogP contribution in [0.5, 0.6) is 5.75 Å². The minimum Gasteiger partial charge on any atom is -0.507 e. The molecule has 0 spiro atoms. The van der Waals surface area contributed by atoms with Crippen molar-refractivity contribution in [1.29, 1.82) is 0 Å². The molecular formula is C13H13NO2. The third-order valence-electron chi connectivity index (χ3n) is 2.33. The fourth-order valence-electron chi connectivity index (χ4n) is 1.39. The van der Waals surface area contributed by atoms with Gasteiger partial charge in [-0.3, -0.25) is 4.99 Å². The summed E-state index contributed by atoms with van der Waals surface area (Å²) >= 11 is 0. The normalized spacial score (nSPS) is 13.1. The molecule has 1 atom stereocenters. The molecule has 3 nitrogen and oxygen atoms in total. The number of phenolic OH excluding ortho intramolecular Hbond substituents is 1. The van der Waals surface area contributed by atoms with Crippen molar-refractivity contribution in [2.24, 2.45) is 4.99 Å². The average molecular weight is 215 g/mol. The summed E-state index contributed by atoms with van der Waals surface area (Å²) in [5.74, 6) is 1.05. The van der Waals surface area contributed by atoms with Gasteiger partial charge in [-0.05, 0) is 31.2 Å². The van der Waals surface area contributed by atoms with Crippen LogP contribution in [0.15, 0.2) is 52.1 Å². The number of hydrogen-bond acceptors (Lipinski definition) is 3. The minimum absolute atomic E-state index is 0.0467. The van der Waals surface area contributed by atoms with Crippen molar-refractivity contribution in [2.75, 3.05) is 0 Å². The zero-order chi connectivity index (χ0) is 11.4. The highest BCUT2D eigenvalue weighted by atomic mass is 16.3. The molecule has 2 rings (SSSR count). The highest BCUT2D eigenvalue weighted by molar-refractivity contribution is 5.83. The maximum absolute atomic E-state index is 9.54. The molecule has 1 aromatic carbocycles. The van der Waals surface area contributed by atoms with Gasteiger partial charge in [0.05, 0.1) is 6.26 Å². The largest absolute Gasteiger partial charge is 0.507 e. The minimum atomic E-state index is -0.0467. The summed E-state index contributed by atoms with van der Waals surface area (Å²) in [6, 6.07) is 10.8. The maximum Gasteiger partial charge on any atom is 0.127 e. The molecule has 1 heterocycles. The molecule has 1 aromatic heterocycles. The molecule has 0 fully saturated rings. The van der Waals surface area contributed by atoms with E-state index in [9.17, 15) is 5.11 Å². The summed E-state index contributed by atoms with van der Waals surface area (Å²) in [5, 5.41) is 9.54. The number of para-hydroxylation sites is 1. The second kappa shape index (κ2) is 4.66. The first-order valence-electron chi connectivity index (χ1n) is 5.12. The van der Waals surface area contributed by atoms with Crippen molar-refractivity contribution in [3.8, 4) is 5.75 Å². The van der Waals surface area contributed by atoms with Gasteiger partial charge in [0.25, 0.3) is 0 Å². The molecule has 0 aliphatic rings. The van der Waals surface area contributed by atoms with E-state index in [1.165, 1.54) is 0 Å². The molecule has 0 bridgehead atoms. The number of aliphatic imine (C=N–C) groups is 1. The summed E-state index contributed by atoms with van der Waals surface area (Å²) in [6.45, 7) is 1.94. The Bertz CT molecular complexity index is 474. The van der Waals surface area contributed by atoms with Crippen LogP contribution in [0, 0.1) is 0 Å². The Morgan fingerprint density at radius 1 is 1.25 bits per heavy atom. The number of phenols is 1. The van der Waals surface area contributed by atoms with Crippen LogP contribution < -0.4 is 0 Å². The van der Waals surface area contributed by atoms with Gasteiger partial charge >= 0.3 is 0 Å². The van der Waals surface area contributed by atoms with Gasteiger partial charge in [-0.2, -0.15) is 0 Å². The molecule has 2 aromatic rings. The maximum atomic E-state index is 9.54. The van der Waals surface area contributed by atoms with Gasteiger partial charge in [-0.15, -0.1) is 0 Å². The highest BCUT2D eigenvalue weighted by Crippen LogP contribution is 2.18. The first-order valence-corrected chi connectivity index (χ1v) is 5.12. The molecule has 0 aliphatic carbocycles. The SMILES string of the molecule is C[C@H](N=Cc1ccccc1O)c1ccco1. The van der Waals surface area contributed by atoms with Crippen molar-refractivity contribution in [2.45, 2.75) is 13.0 Å². The van der Waals surface area contributed by atoms with E-state index in [1.807, 2.05) is 31.2 Å². The van der Waals surface area contributed by atoms with E-state index in [2.05, 4.69) is 4.99 Å². The number of aromatic hydroxyl groups is 1. The van der Waals surface area contributed by atoms with Crippen LogP contribution in [0.25, 0.3) is 0 Å². The van der Waals surface area contributed by atoms with Crippen LogP contribution in [-0.4, -0.2) is 11.3 Å². The predicted molar refractivity (Wildman–Crippen MR) is 62.8 cm³/mol. The second-order valence-electron chi connectivity index (χ2n) is 3.53. The molecule has 82 valence electrons. The van der Waals surface area contributed by atoms with Crippen molar-refractivity contribution >= 4 is 6.21 Å². The van der Waals surface area contributed by atoms with Crippen LogP contribution in [0.3, 0.4) is 0 Å². The van der Waals surface area contributed by atoms with Crippen LogP contribution in [0.2, 0.25) is 0 Å². The second-order valence-corrected chi connectivity index (χ2v) is 3.53. The quantitative estimate of drug-likeness (QED) is 0.799. The van der Waals surface area contributed by atoms with Crippen molar-refractivity contribution in [1.82, 2.24) is 0 Å². The zero-order valence-electron chi connectivity index (χ0n) is 9.00. The molecule has 0 radical (unpaired) electrons. The smallest absolute Gasteiger partial charge is 0.127 e. The van der Waals surface area contributed by atoms with Crippen molar-refractivity contribution in [3.05, 3.63) is 54.0 Å². The molecular weight excluding hydrogens is 202 g/mol. The van der Waals surface area contributed by atoms with Crippen LogP contribution in [0.4, 0.5) is 0 Å². The van der Waals surface area contributed by atoms with Gasteiger partial charge < -0.3 is 9.52 Å². The lowest BCUT2D eigenvalue weighted by Gasteiger charge is -2.02. The Morgan fingerprint density at radius 3 is 2.75 bits per heavy atom. The van der Waals surface area contributed by atoms with E-state index in [4.69, 9.17) is 4.42 Å². The lowest BCUT2D eigenvalue weighted by Crippen LogP contribution is -1.89. The monoisotopic (exact) mass is 215 g/mol. The standard InChI is InChI=1S/C13H13NO2/c1-10(13-7-4-8-16-13)14-9-11-5-2-3-6-12(11)15/h2-10,15H,1H3/t10-/m0/s1. The summed E-state index contributed by atoms with van der Waals surface area (Å²) in [4.78, 5) is 4.32. The van der Waals surface area contributed by atoms with Gasteiger partial charge in [0, 0.05) is 11.8 Å². The fraction of sp³-hybridized carbons (Fsp3) is 0.154. The lowest BCUT2D eigenvalue weighted by atomic mass is 10.2. The molecule has 0 saturated heterocycles. The van der Waals surface area contributed by atoms with Crippen LogP contribution >= 0.6 is 0 Å².